The molecule has 1 aliphatic rings. The number of urea groups is 1. The lowest BCUT2D eigenvalue weighted by Gasteiger charge is -2.25. The number of carboxylic acid groups (broad SMARTS) is 1. The molecule has 5 nitrogen and oxygen atoms in total. The van der Waals surface area contributed by atoms with Crippen LogP contribution in [-0.4, -0.2) is 35.1 Å². The number of hydrogen-bond acceptors (Lipinski definition) is 2. The Bertz CT molecular complexity index is 538. The first-order valence-electron chi connectivity index (χ1n) is 6.78. The van der Waals surface area contributed by atoms with E-state index in [4.69, 9.17) is 5.11 Å². The fraction of sp³-hybridized carbons (Fsp3) is 0.467. The highest BCUT2D eigenvalue weighted by molar-refractivity contribution is 5.94. The molecule has 0 radical (unpaired) electrons. The number of benzene rings is 1. The van der Waals surface area contributed by atoms with Gasteiger partial charge in [-0.3, -0.25) is 0 Å². The van der Waals surface area contributed by atoms with Crippen LogP contribution in [0, 0.1) is 12.8 Å². The van der Waals surface area contributed by atoms with Gasteiger partial charge in [-0.15, -0.1) is 0 Å². The first-order chi connectivity index (χ1) is 9.40. The van der Waals surface area contributed by atoms with Gasteiger partial charge in [0.05, 0.1) is 5.56 Å². The number of carboxylic acids is 1. The monoisotopic (exact) mass is 276 g/mol. The number of amides is 2. The van der Waals surface area contributed by atoms with Crippen LogP contribution in [0.15, 0.2) is 18.2 Å². The van der Waals surface area contributed by atoms with Crippen LogP contribution in [0.3, 0.4) is 0 Å². The van der Waals surface area contributed by atoms with E-state index in [0.717, 1.165) is 0 Å². The molecule has 0 spiro atoms. The van der Waals surface area contributed by atoms with Crippen LogP contribution in [0.2, 0.25) is 0 Å². The van der Waals surface area contributed by atoms with Gasteiger partial charge in [-0.1, -0.05) is 6.07 Å². The molecule has 1 atom stereocenters. The van der Waals surface area contributed by atoms with Crippen LogP contribution < -0.4 is 5.32 Å². The molecule has 5 heteroatoms. The average molecular weight is 276 g/mol. The van der Waals surface area contributed by atoms with Crippen LogP contribution in [-0.2, 0) is 0 Å². The van der Waals surface area contributed by atoms with Crippen molar-refractivity contribution in [2.75, 3.05) is 12.4 Å². The molecule has 1 aromatic carbocycles. The van der Waals surface area contributed by atoms with Crippen molar-refractivity contribution < 1.29 is 14.7 Å². The molecule has 0 saturated heterocycles. The van der Waals surface area contributed by atoms with Gasteiger partial charge in [0.15, 0.2) is 0 Å². The fourth-order valence-electron chi connectivity index (χ4n) is 2.22. The zero-order valence-corrected chi connectivity index (χ0v) is 12.0. The van der Waals surface area contributed by atoms with Gasteiger partial charge < -0.3 is 15.3 Å². The number of aryl methyl sites for hydroxylation is 1. The van der Waals surface area contributed by atoms with Crippen molar-refractivity contribution in [3.63, 3.8) is 0 Å². The van der Waals surface area contributed by atoms with Crippen LogP contribution in [0.1, 0.15) is 35.7 Å². The van der Waals surface area contributed by atoms with Crippen molar-refractivity contribution in [3.05, 3.63) is 29.3 Å². The molecule has 1 saturated carbocycles. The van der Waals surface area contributed by atoms with E-state index in [0.29, 0.717) is 17.2 Å². The molecule has 0 heterocycles. The van der Waals surface area contributed by atoms with E-state index in [9.17, 15) is 9.59 Å². The van der Waals surface area contributed by atoms with Gasteiger partial charge >= 0.3 is 12.0 Å². The second kappa shape index (κ2) is 5.53. The molecule has 1 aliphatic carbocycles. The van der Waals surface area contributed by atoms with Crippen LogP contribution >= 0.6 is 0 Å². The summed E-state index contributed by atoms with van der Waals surface area (Å²) in [7, 11) is 1.77. The lowest BCUT2D eigenvalue weighted by atomic mass is 10.1. The third-order valence-corrected chi connectivity index (χ3v) is 3.95. The summed E-state index contributed by atoms with van der Waals surface area (Å²) in [4.78, 5) is 24.9. The van der Waals surface area contributed by atoms with Crippen molar-refractivity contribution in [2.24, 2.45) is 5.92 Å². The summed E-state index contributed by atoms with van der Waals surface area (Å²) in [5, 5.41) is 11.8. The van der Waals surface area contributed by atoms with E-state index in [-0.39, 0.29) is 17.6 Å². The van der Waals surface area contributed by atoms with Crippen molar-refractivity contribution >= 4 is 17.7 Å². The lowest BCUT2D eigenvalue weighted by Crippen LogP contribution is -2.39. The summed E-state index contributed by atoms with van der Waals surface area (Å²) in [5.41, 5.74) is 1.39. The zero-order valence-electron chi connectivity index (χ0n) is 12.0. The SMILES string of the molecule is Cc1ccc(NC(=O)N(C)C(C)C2CC2)cc1C(=O)O. The van der Waals surface area contributed by atoms with Gasteiger partial charge in [0, 0.05) is 18.8 Å². The molecule has 2 amide bonds. The highest BCUT2D eigenvalue weighted by Crippen LogP contribution is 2.34. The Morgan fingerprint density at radius 2 is 2.05 bits per heavy atom. The molecule has 0 aromatic heterocycles. The van der Waals surface area contributed by atoms with Crippen LogP contribution in [0.5, 0.6) is 0 Å². The van der Waals surface area contributed by atoms with Gasteiger partial charge in [0.2, 0.25) is 0 Å². The van der Waals surface area contributed by atoms with E-state index >= 15 is 0 Å². The highest BCUT2D eigenvalue weighted by atomic mass is 16.4. The lowest BCUT2D eigenvalue weighted by molar-refractivity contribution is 0.0696. The Morgan fingerprint density at radius 1 is 1.40 bits per heavy atom. The number of rotatable bonds is 4. The Labute approximate surface area is 118 Å². The summed E-state index contributed by atoms with van der Waals surface area (Å²) in [6.45, 7) is 3.77. The van der Waals surface area contributed by atoms with Crippen molar-refractivity contribution in [1.82, 2.24) is 4.90 Å². The molecule has 2 N–H and O–H groups in total. The van der Waals surface area contributed by atoms with Gasteiger partial charge in [-0.2, -0.15) is 0 Å². The standard InChI is InChI=1S/C15H20N2O3/c1-9-4-7-12(8-13(9)14(18)19)16-15(20)17(3)10(2)11-5-6-11/h4,7-8,10-11H,5-6H2,1-3H3,(H,16,20)(H,18,19). The van der Waals surface area contributed by atoms with Gasteiger partial charge in [0.25, 0.3) is 0 Å². The molecule has 0 aliphatic heterocycles. The van der Waals surface area contributed by atoms with E-state index in [2.05, 4.69) is 5.32 Å². The van der Waals surface area contributed by atoms with Gasteiger partial charge in [0.1, 0.15) is 0 Å². The number of carbonyl (C=O) groups is 2. The number of nitrogens with one attached hydrogen (secondary N) is 1. The third kappa shape index (κ3) is 3.10. The maximum atomic E-state index is 12.1. The van der Waals surface area contributed by atoms with Crippen LogP contribution in [0.4, 0.5) is 10.5 Å². The number of carbonyl (C=O) groups excluding carboxylic acids is 1. The van der Waals surface area contributed by atoms with Gasteiger partial charge in [-0.05, 0) is 50.3 Å². The third-order valence-electron chi connectivity index (χ3n) is 3.95. The molecule has 1 fully saturated rings. The predicted molar refractivity (Wildman–Crippen MR) is 77.1 cm³/mol. The molecular formula is C15H20N2O3. The summed E-state index contributed by atoms with van der Waals surface area (Å²) >= 11 is 0. The second-order valence-electron chi connectivity index (χ2n) is 5.45. The van der Waals surface area contributed by atoms with E-state index in [1.165, 1.54) is 18.9 Å². The molecule has 108 valence electrons. The number of aromatic carboxylic acids is 1. The Morgan fingerprint density at radius 3 is 2.60 bits per heavy atom. The molecule has 1 unspecified atom stereocenters. The zero-order chi connectivity index (χ0) is 14.9. The molecule has 20 heavy (non-hydrogen) atoms. The van der Waals surface area contributed by atoms with Crippen LogP contribution in [0.25, 0.3) is 0 Å². The van der Waals surface area contributed by atoms with E-state index in [1.807, 2.05) is 6.92 Å². The minimum atomic E-state index is -0.988. The highest BCUT2D eigenvalue weighted by Gasteiger charge is 2.32. The Hall–Kier alpha value is -2.04. The largest absolute Gasteiger partial charge is 0.478 e. The normalized spacial score (nSPS) is 15.6. The second-order valence-corrected chi connectivity index (χ2v) is 5.45. The summed E-state index contributed by atoms with van der Waals surface area (Å²) in [6, 6.07) is 4.91. The summed E-state index contributed by atoms with van der Waals surface area (Å²) < 4.78 is 0. The minimum absolute atomic E-state index is 0.204. The predicted octanol–water partition coefficient (Wildman–Crippen LogP) is 2.96. The Kier molecular flexibility index (Phi) is 3.97. The topological polar surface area (TPSA) is 69.6 Å². The smallest absolute Gasteiger partial charge is 0.336 e. The number of nitrogens with zero attached hydrogens (tertiary/aromatic N) is 1. The van der Waals surface area contributed by atoms with Crippen molar-refractivity contribution in [2.45, 2.75) is 32.7 Å². The van der Waals surface area contributed by atoms with E-state index in [1.54, 1.807) is 31.0 Å². The summed E-state index contributed by atoms with van der Waals surface area (Å²) in [5.74, 6) is -0.392. The Balaban J connectivity index is 2.07. The quantitative estimate of drug-likeness (QED) is 0.888. The summed E-state index contributed by atoms with van der Waals surface area (Å²) in [6.07, 6.45) is 2.35. The molecular weight excluding hydrogens is 256 g/mol. The number of anilines is 1. The maximum Gasteiger partial charge on any atom is 0.336 e. The maximum absolute atomic E-state index is 12.1. The molecule has 0 bridgehead atoms. The first kappa shape index (κ1) is 14.4. The molecule has 2 rings (SSSR count). The average Bonchev–Trinajstić information content (AvgIpc) is 3.23. The van der Waals surface area contributed by atoms with Crippen molar-refractivity contribution in [1.29, 1.82) is 0 Å². The van der Waals surface area contributed by atoms with Crippen molar-refractivity contribution in [3.8, 4) is 0 Å². The molecule has 1 aromatic rings. The van der Waals surface area contributed by atoms with E-state index < -0.39 is 5.97 Å². The minimum Gasteiger partial charge on any atom is -0.478 e. The fourth-order valence-corrected chi connectivity index (χ4v) is 2.22. The van der Waals surface area contributed by atoms with Gasteiger partial charge in [-0.25, -0.2) is 9.59 Å². The number of hydrogen-bond donors (Lipinski definition) is 2. The first-order valence-corrected chi connectivity index (χ1v) is 6.78.